The third-order valence-corrected chi connectivity index (χ3v) is 5.66. The Kier molecular flexibility index (Phi) is 5.26. The number of carbonyl (C=O) groups is 1. The largest absolute Gasteiger partial charge is 0.355 e. The number of likely N-dealkylation sites (tertiary alicyclic amines) is 1. The average Bonchev–Trinajstić information content (AvgIpc) is 3.15. The molecule has 28 heavy (non-hydrogen) atoms. The first kappa shape index (κ1) is 18.4. The van der Waals surface area contributed by atoms with E-state index in [2.05, 4.69) is 23.4 Å². The van der Waals surface area contributed by atoms with Gasteiger partial charge in [0.2, 0.25) is 0 Å². The highest BCUT2D eigenvalue weighted by Crippen LogP contribution is 2.32. The zero-order valence-electron chi connectivity index (χ0n) is 16.1. The second-order valence-corrected chi connectivity index (χ2v) is 7.32. The number of nitrogens with two attached hydrogens (primary N) is 1. The molecule has 0 radical (unpaired) electrons. The highest BCUT2D eigenvalue weighted by Gasteiger charge is 2.29. The molecule has 1 fully saturated rings. The van der Waals surface area contributed by atoms with E-state index in [1.54, 1.807) is 0 Å². The quantitative estimate of drug-likeness (QED) is 0.744. The fraction of sp³-hybridized carbons (Fsp3) is 0.304. The molecule has 5 heteroatoms. The minimum Gasteiger partial charge on any atom is -0.355 e. The first-order valence-corrected chi connectivity index (χ1v) is 9.78. The molecule has 1 aromatic heterocycles. The summed E-state index contributed by atoms with van der Waals surface area (Å²) in [5, 5.41) is 4.09. The molecule has 0 spiro atoms. The SMILES string of the molecule is Cc1c(C(=O)N2CCC(c3ccccc3CN)CC2)noc1-c1ccccc1. The van der Waals surface area contributed by atoms with Crippen LogP contribution in [-0.2, 0) is 6.54 Å². The van der Waals surface area contributed by atoms with Crippen molar-refractivity contribution < 1.29 is 9.32 Å². The van der Waals surface area contributed by atoms with Gasteiger partial charge in [0.1, 0.15) is 0 Å². The third-order valence-electron chi connectivity index (χ3n) is 5.66. The van der Waals surface area contributed by atoms with Crippen molar-refractivity contribution in [1.29, 1.82) is 0 Å². The van der Waals surface area contributed by atoms with E-state index >= 15 is 0 Å². The number of rotatable bonds is 4. The second kappa shape index (κ2) is 7.98. The van der Waals surface area contributed by atoms with Gasteiger partial charge in [-0.1, -0.05) is 59.8 Å². The monoisotopic (exact) mass is 375 g/mol. The van der Waals surface area contributed by atoms with Gasteiger partial charge in [0, 0.05) is 30.8 Å². The van der Waals surface area contributed by atoms with Crippen molar-refractivity contribution in [3.05, 3.63) is 77.0 Å². The lowest BCUT2D eigenvalue weighted by Crippen LogP contribution is -2.38. The second-order valence-electron chi connectivity index (χ2n) is 7.32. The summed E-state index contributed by atoms with van der Waals surface area (Å²) in [6, 6.07) is 18.1. The molecule has 0 bridgehead atoms. The van der Waals surface area contributed by atoms with E-state index in [1.807, 2.05) is 48.2 Å². The summed E-state index contributed by atoms with van der Waals surface area (Å²) in [5.74, 6) is 1.06. The fourth-order valence-electron chi connectivity index (χ4n) is 4.06. The molecular weight excluding hydrogens is 350 g/mol. The van der Waals surface area contributed by atoms with Crippen LogP contribution in [0.15, 0.2) is 59.1 Å². The lowest BCUT2D eigenvalue weighted by atomic mass is 9.86. The van der Waals surface area contributed by atoms with Crippen molar-refractivity contribution in [2.24, 2.45) is 5.73 Å². The van der Waals surface area contributed by atoms with Gasteiger partial charge < -0.3 is 15.2 Å². The normalized spacial score (nSPS) is 15.0. The molecular formula is C23H25N3O2. The van der Waals surface area contributed by atoms with E-state index in [-0.39, 0.29) is 5.91 Å². The fourth-order valence-corrected chi connectivity index (χ4v) is 4.06. The van der Waals surface area contributed by atoms with Crippen LogP contribution in [-0.4, -0.2) is 29.1 Å². The van der Waals surface area contributed by atoms with Crippen LogP contribution in [0.1, 0.15) is 45.9 Å². The molecule has 1 aliphatic heterocycles. The maximum absolute atomic E-state index is 13.0. The Hall–Kier alpha value is -2.92. The van der Waals surface area contributed by atoms with Crippen molar-refractivity contribution in [2.75, 3.05) is 13.1 Å². The van der Waals surface area contributed by atoms with Crippen molar-refractivity contribution in [1.82, 2.24) is 10.1 Å². The summed E-state index contributed by atoms with van der Waals surface area (Å²) in [6.07, 6.45) is 1.87. The summed E-state index contributed by atoms with van der Waals surface area (Å²) in [7, 11) is 0. The van der Waals surface area contributed by atoms with Crippen molar-refractivity contribution in [2.45, 2.75) is 32.2 Å². The number of nitrogens with zero attached hydrogens (tertiary/aromatic N) is 2. The highest BCUT2D eigenvalue weighted by molar-refractivity contribution is 5.95. The van der Waals surface area contributed by atoms with Crippen molar-refractivity contribution >= 4 is 5.91 Å². The summed E-state index contributed by atoms with van der Waals surface area (Å²) < 4.78 is 5.50. The van der Waals surface area contributed by atoms with Crippen LogP contribution in [0.25, 0.3) is 11.3 Å². The van der Waals surface area contributed by atoms with Gasteiger partial charge in [0.25, 0.3) is 5.91 Å². The predicted octanol–water partition coefficient (Wildman–Crippen LogP) is 4.13. The predicted molar refractivity (Wildman–Crippen MR) is 109 cm³/mol. The number of piperidine rings is 1. The van der Waals surface area contributed by atoms with Crippen LogP contribution >= 0.6 is 0 Å². The van der Waals surface area contributed by atoms with Gasteiger partial charge in [-0.25, -0.2) is 0 Å². The summed E-state index contributed by atoms with van der Waals surface area (Å²) >= 11 is 0. The summed E-state index contributed by atoms with van der Waals surface area (Å²) in [5.41, 5.74) is 10.6. The van der Waals surface area contributed by atoms with E-state index in [9.17, 15) is 4.79 Å². The Labute approximate surface area is 165 Å². The molecule has 2 heterocycles. The molecule has 4 rings (SSSR count). The van der Waals surface area contributed by atoms with Crippen molar-refractivity contribution in [3.63, 3.8) is 0 Å². The lowest BCUT2D eigenvalue weighted by molar-refractivity contribution is 0.0702. The van der Waals surface area contributed by atoms with Gasteiger partial charge >= 0.3 is 0 Å². The van der Waals surface area contributed by atoms with E-state index < -0.39 is 0 Å². The van der Waals surface area contributed by atoms with E-state index in [4.69, 9.17) is 10.3 Å². The van der Waals surface area contributed by atoms with E-state index in [0.29, 0.717) is 23.9 Å². The maximum atomic E-state index is 13.0. The molecule has 3 aromatic rings. The molecule has 1 amide bonds. The van der Waals surface area contributed by atoms with Crippen LogP contribution < -0.4 is 5.73 Å². The van der Waals surface area contributed by atoms with Gasteiger partial charge in [-0.15, -0.1) is 0 Å². The molecule has 1 aliphatic rings. The number of hydrogen-bond donors (Lipinski definition) is 1. The maximum Gasteiger partial charge on any atom is 0.276 e. The zero-order chi connectivity index (χ0) is 19.5. The first-order valence-electron chi connectivity index (χ1n) is 9.78. The molecule has 5 nitrogen and oxygen atoms in total. The van der Waals surface area contributed by atoms with Gasteiger partial charge in [0.15, 0.2) is 11.5 Å². The smallest absolute Gasteiger partial charge is 0.276 e. The minimum absolute atomic E-state index is 0.0472. The van der Waals surface area contributed by atoms with Gasteiger partial charge in [-0.3, -0.25) is 4.79 Å². The third kappa shape index (κ3) is 3.45. The molecule has 0 aliphatic carbocycles. The number of amides is 1. The Bertz CT molecular complexity index is 957. The molecule has 0 atom stereocenters. The van der Waals surface area contributed by atoms with Gasteiger partial charge in [0.05, 0.1) is 0 Å². The zero-order valence-corrected chi connectivity index (χ0v) is 16.1. The van der Waals surface area contributed by atoms with Crippen molar-refractivity contribution in [3.8, 4) is 11.3 Å². The van der Waals surface area contributed by atoms with Gasteiger partial charge in [-0.05, 0) is 36.8 Å². The molecule has 0 unspecified atom stereocenters. The Morgan fingerprint density at radius 1 is 1.11 bits per heavy atom. The Balaban J connectivity index is 1.47. The minimum atomic E-state index is -0.0472. The lowest BCUT2D eigenvalue weighted by Gasteiger charge is -2.32. The van der Waals surface area contributed by atoms with E-state index in [1.165, 1.54) is 11.1 Å². The molecule has 2 N–H and O–H groups in total. The molecule has 144 valence electrons. The van der Waals surface area contributed by atoms with Gasteiger partial charge in [-0.2, -0.15) is 0 Å². The van der Waals surface area contributed by atoms with Crippen LogP contribution in [0, 0.1) is 6.92 Å². The average molecular weight is 375 g/mol. The van der Waals surface area contributed by atoms with Crippen LogP contribution in [0.2, 0.25) is 0 Å². The molecule has 0 saturated carbocycles. The summed E-state index contributed by atoms with van der Waals surface area (Å²) in [4.78, 5) is 14.9. The topological polar surface area (TPSA) is 72.4 Å². The molecule has 1 saturated heterocycles. The van der Waals surface area contributed by atoms with E-state index in [0.717, 1.165) is 37.1 Å². The van der Waals surface area contributed by atoms with Crippen LogP contribution in [0.4, 0.5) is 0 Å². The number of hydrogen-bond acceptors (Lipinski definition) is 4. The molecule has 2 aromatic carbocycles. The Morgan fingerprint density at radius 3 is 2.50 bits per heavy atom. The number of benzene rings is 2. The Morgan fingerprint density at radius 2 is 1.79 bits per heavy atom. The highest BCUT2D eigenvalue weighted by atomic mass is 16.5. The van der Waals surface area contributed by atoms with Crippen LogP contribution in [0.5, 0.6) is 0 Å². The number of carbonyl (C=O) groups excluding carboxylic acids is 1. The number of aromatic nitrogens is 1. The van der Waals surface area contributed by atoms with Crippen LogP contribution in [0.3, 0.4) is 0 Å². The summed E-state index contributed by atoms with van der Waals surface area (Å²) in [6.45, 7) is 3.89. The standard InChI is InChI=1S/C23H25N3O2/c1-16-21(25-28-22(16)18-7-3-2-4-8-18)23(27)26-13-11-17(12-14-26)20-10-6-5-9-19(20)15-24/h2-10,17H,11-15,24H2,1H3. The first-order chi connectivity index (χ1) is 13.7.